The van der Waals surface area contributed by atoms with Gasteiger partial charge in [0.2, 0.25) is 5.95 Å². The lowest BCUT2D eigenvalue weighted by Gasteiger charge is -2.17. The van der Waals surface area contributed by atoms with Crippen LogP contribution in [0.2, 0.25) is 10.0 Å². The number of hydrogen-bond donors (Lipinski definition) is 1. The smallest absolute Gasteiger partial charge is 0.369 e. The second-order valence-electron chi connectivity index (χ2n) is 4.26. The number of nitrogen functional groups attached to an aromatic ring is 1. The summed E-state index contributed by atoms with van der Waals surface area (Å²) in [5.74, 6) is 0.00471. The molecule has 0 aliphatic carbocycles. The zero-order chi connectivity index (χ0) is 14.4. The van der Waals surface area contributed by atoms with Crippen LogP contribution < -0.4 is 5.73 Å². The number of nitrogens with zero attached hydrogens (tertiary/aromatic N) is 2. The maximum atomic E-state index is 12.5. The van der Waals surface area contributed by atoms with Crippen LogP contribution in [0.25, 0.3) is 11.0 Å². The van der Waals surface area contributed by atoms with Crippen molar-refractivity contribution >= 4 is 40.2 Å². The summed E-state index contributed by atoms with van der Waals surface area (Å²) < 4.78 is 38.7. The molecule has 1 aromatic heterocycles. The van der Waals surface area contributed by atoms with Gasteiger partial charge in [-0.2, -0.15) is 13.2 Å². The van der Waals surface area contributed by atoms with Gasteiger partial charge in [0.1, 0.15) is 0 Å². The van der Waals surface area contributed by atoms with Gasteiger partial charge in [0.15, 0.2) is 0 Å². The Hall–Kier alpha value is -1.14. The van der Waals surface area contributed by atoms with Gasteiger partial charge >= 0.3 is 6.18 Å². The molecular weight excluding hydrogens is 302 g/mol. The Labute approximate surface area is 117 Å². The van der Waals surface area contributed by atoms with Crippen LogP contribution in [0.4, 0.5) is 19.1 Å². The van der Waals surface area contributed by atoms with E-state index in [2.05, 4.69) is 4.98 Å². The molecule has 104 valence electrons. The highest BCUT2D eigenvalue weighted by atomic mass is 35.5. The average Bonchev–Trinajstić information content (AvgIpc) is 2.52. The number of hydrogen-bond acceptors (Lipinski definition) is 2. The summed E-state index contributed by atoms with van der Waals surface area (Å²) in [6.45, 7) is 1.42. The van der Waals surface area contributed by atoms with Crippen molar-refractivity contribution in [2.75, 3.05) is 5.73 Å². The highest BCUT2D eigenvalue weighted by Crippen LogP contribution is 2.34. The summed E-state index contributed by atoms with van der Waals surface area (Å²) in [5.41, 5.74) is 6.52. The molecule has 0 bridgehead atoms. The molecule has 0 saturated carbocycles. The van der Waals surface area contributed by atoms with Crippen molar-refractivity contribution in [3.63, 3.8) is 0 Å². The molecule has 1 atom stereocenters. The van der Waals surface area contributed by atoms with E-state index in [0.717, 1.165) is 0 Å². The lowest BCUT2D eigenvalue weighted by molar-refractivity contribution is -0.141. The summed E-state index contributed by atoms with van der Waals surface area (Å²) in [6, 6.07) is 2.07. The molecule has 0 aliphatic rings. The van der Waals surface area contributed by atoms with E-state index in [1.807, 2.05) is 0 Å². The van der Waals surface area contributed by atoms with Crippen LogP contribution in [-0.2, 0) is 0 Å². The van der Waals surface area contributed by atoms with Crippen molar-refractivity contribution in [3.05, 3.63) is 22.2 Å². The Morgan fingerprint density at radius 1 is 1.32 bits per heavy atom. The predicted molar refractivity (Wildman–Crippen MR) is 69.5 cm³/mol. The van der Waals surface area contributed by atoms with Crippen LogP contribution in [0.5, 0.6) is 0 Å². The van der Waals surface area contributed by atoms with Crippen LogP contribution in [0, 0.1) is 0 Å². The quantitative estimate of drug-likeness (QED) is 0.891. The van der Waals surface area contributed by atoms with Gasteiger partial charge in [0, 0.05) is 6.04 Å². The molecule has 0 radical (unpaired) electrons. The molecule has 3 nitrogen and oxygen atoms in total. The van der Waals surface area contributed by atoms with Gasteiger partial charge in [0.25, 0.3) is 0 Å². The van der Waals surface area contributed by atoms with Crippen molar-refractivity contribution in [1.82, 2.24) is 9.55 Å². The Bertz CT molecular complexity index is 622. The van der Waals surface area contributed by atoms with Gasteiger partial charge in [-0.3, -0.25) is 0 Å². The number of aromatic nitrogens is 2. The van der Waals surface area contributed by atoms with E-state index in [9.17, 15) is 13.2 Å². The first-order chi connectivity index (χ1) is 8.69. The molecular formula is C11H10Cl2F3N3. The van der Waals surface area contributed by atoms with Crippen LogP contribution >= 0.6 is 23.2 Å². The van der Waals surface area contributed by atoms with Gasteiger partial charge in [0.05, 0.1) is 27.5 Å². The average molecular weight is 312 g/mol. The first kappa shape index (κ1) is 14.3. The van der Waals surface area contributed by atoms with Gasteiger partial charge in [-0.15, -0.1) is 0 Å². The molecule has 2 N–H and O–H groups in total. The third-order valence-electron chi connectivity index (χ3n) is 2.73. The number of benzene rings is 1. The molecule has 0 fully saturated rings. The van der Waals surface area contributed by atoms with Gasteiger partial charge in [-0.05, 0) is 19.1 Å². The van der Waals surface area contributed by atoms with Crippen molar-refractivity contribution in [2.45, 2.75) is 25.6 Å². The third kappa shape index (κ3) is 2.90. The Morgan fingerprint density at radius 2 is 1.89 bits per heavy atom. The zero-order valence-electron chi connectivity index (χ0n) is 9.80. The molecule has 2 rings (SSSR count). The number of rotatable bonds is 2. The third-order valence-corrected chi connectivity index (χ3v) is 3.45. The van der Waals surface area contributed by atoms with E-state index in [1.54, 1.807) is 0 Å². The fourth-order valence-corrected chi connectivity index (χ4v) is 2.31. The monoisotopic (exact) mass is 311 g/mol. The summed E-state index contributed by atoms with van der Waals surface area (Å²) in [7, 11) is 0. The first-order valence-corrected chi connectivity index (χ1v) is 6.14. The molecule has 0 saturated heterocycles. The summed E-state index contributed by atoms with van der Waals surface area (Å²) >= 11 is 11.7. The molecule has 1 aromatic carbocycles. The summed E-state index contributed by atoms with van der Waals surface area (Å²) in [5, 5.41) is 0.525. The molecule has 1 unspecified atom stereocenters. The zero-order valence-corrected chi connectivity index (χ0v) is 11.3. The molecule has 0 amide bonds. The molecule has 0 aliphatic heterocycles. The van der Waals surface area contributed by atoms with Crippen LogP contribution in [0.1, 0.15) is 19.4 Å². The molecule has 19 heavy (non-hydrogen) atoms. The minimum Gasteiger partial charge on any atom is -0.369 e. The van der Waals surface area contributed by atoms with E-state index in [4.69, 9.17) is 28.9 Å². The number of imidazole rings is 1. The van der Waals surface area contributed by atoms with Crippen LogP contribution in [0.3, 0.4) is 0 Å². The normalized spacial score (nSPS) is 14.0. The fourth-order valence-electron chi connectivity index (χ4n) is 2.00. The van der Waals surface area contributed by atoms with Crippen molar-refractivity contribution in [3.8, 4) is 0 Å². The number of fused-ring (bicyclic) bond motifs is 1. The SMILES string of the molecule is CC(CC(F)(F)F)n1c(N)nc2cc(Cl)c(Cl)cc21. The Balaban J connectivity index is 2.54. The predicted octanol–water partition coefficient (Wildman–Crippen LogP) is 4.44. The Kier molecular flexibility index (Phi) is 3.57. The van der Waals surface area contributed by atoms with E-state index < -0.39 is 18.6 Å². The maximum absolute atomic E-state index is 12.5. The fraction of sp³-hybridized carbons (Fsp3) is 0.364. The maximum Gasteiger partial charge on any atom is 0.391 e. The molecule has 0 spiro atoms. The molecule has 8 heteroatoms. The van der Waals surface area contributed by atoms with Gasteiger partial charge < -0.3 is 10.3 Å². The lowest BCUT2D eigenvalue weighted by atomic mass is 10.2. The lowest BCUT2D eigenvalue weighted by Crippen LogP contribution is -2.17. The summed E-state index contributed by atoms with van der Waals surface area (Å²) in [4.78, 5) is 4.00. The van der Waals surface area contributed by atoms with E-state index >= 15 is 0 Å². The highest BCUT2D eigenvalue weighted by molar-refractivity contribution is 6.42. The number of alkyl halides is 3. The largest absolute Gasteiger partial charge is 0.391 e. The number of halogens is 5. The standard InChI is InChI=1S/C11H10Cl2F3N3/c1-5(4-11(14,15)16)19-9-3-7(13)6(12)2-8(9)18-10(19)17/h2-3,5H,4H2,1H3,(H2,17,18). The minimum atomic E-state index is -4.28. The van der Waals surface area contributed by atoms with Crippen molar-refractivity contribution in [1.29, 1.82) is 0 Å². The Morgan fingerprint density at radius 3 is 2.47 bits per heavy atom. The first-order valence-electron chi connectivity index (χ1n) is 5.38. The van der Waals surface area contributed by atoms with E-state index in [0.29, 0.717) is 11.0 Å². The molecule has 1 heterocycles. The van der Waals surface area contributed by atoms with Gasteiger partial charge in [-0.25, -0.2) is 4.98 Å². The van der Waals surface area contributed by atoms with Crippen molar-refractivity contribution < 1.29 is 13.2 Å². The van der Waals surface area contributed by atoms with Crippen LogP contribution in [-0.4, -0.2) is 15.7 Å². The van der Waals surface area contributed by atoms with Crippen molar-refractivity contribution in [2.24, 2.45) is 0 Å². The van der Waals surface area contributed by atoms with Crippen LogP contribution in [0.15, 0.2) is 12.1 Å². The van der Waals surface area contributed by atoms with E-state index in [-0.39, 0.29) is 16.0 Å². The second-order valence-corrected chi connectivity index (χ2v) is 5.08. The topological polar surface area (TPSA) is 43.8 Å². The highest BCUT2D eigenvalue weighted by Gasteiger charge is 2.32. The molecule has 2 aromatic rings. The van der Waals surface area contributed by atoms with Gasteiger partial charge in [-0.1, -0.05) is 23.2 Å². The number of anilines is 1. The summed E-state index contributed by atoms with van der Waals surface area (Å²) in [6.07, 6.45) is -5.28. The second kappa shape index (κ2) is 4.76. The van der Waals surface area contributed by atoms with E-state index in [1.165, 1.54) is 23.6 Å². The number of nitrogens with two attached hydrogens (primary N) is 1. The minimum absolute atomic E-state index is 0.00471.